The van der Waals surface area contributed by atoms with Gasteiger partial charge < -0.3 is 10.2 Å². The average molecular weight is 282 g/mol. The first-order valence-electron chi connectivity index (χ1n) is 6.59. The van der Waals surface area contributed by atoms with Gasteiger partial charge in [0.15, 0.2) is 0 Å². The number of carbonyl (C=O) groups is 2. The lowest BCUT2D eigenvalue weighted by atomic mass is 10.2. The second-order valence-corrected chi connectivity index (χ2v) is 4.69. The topological polar surface area (TPSA) is 49.4 Å². The predicted molar refractivity (Wildman–Crippen MR) is 69.1 cm³/mol. The molecule has 0 aliphatic carbocycles. The van der Waals surface area contributed by atoms with Crippen LogP contribution < -0.4 is 5.32 Å². The molecule has 108 valence electrons. The van der Waals surface area contributed by atoms with Crippen molar-refractivity contribution in [3.8, 4) is 0 Å². The Morgan fingerprint density at radius 3 is 2.35 bits per heavy atom. The number of nitrogens with zero attached hydrogens (tertiary/aromatic N) is 1. The van der Waals surface area contributed by atoms with Crippen molar-refractivity contribution in [1.29, 1.82) is 0 Å². The molecule has 2 amide bonds. The molecule has 0 atom stereocenters. The van der Waals surface area contributed by atoms with Crippen LogP contribution in [0.15, 0.2) is 18.2 Å². The summed E-state index contributed by atoms with van der Waals surface area (Å²) in [5, 5.41) is 2.37. The lowest BCUT2D eigenvalue weighted by molar-refractivity contribution is -0.129. The van der Waals surface area contributed by atoms with Crippen molar-refractivity contribution >= 4 is 11.8 Å². The molecule has 4 nitrogen and oxygen atoms in total. The highest BCUT2D eigenvalue weighted by Crippen LogP contribution is 2.12. The number of hydrogen-bond donors (Lipinski definition) is 1. The quantitative estimate of drug-likeness (QED) is 0.914. The zero-order valence-electron chi connectivity index (χ0n) is 11.0. The molecule has 1 aliphatic heterocycles. The van der Waals surface area contributed by atoms with Gasteiger partial charge in [0.2, 0.25) is 5.91 Å². The van der Waals surface area contributed by atoms with Crippen molar-refractivity contribution in [2.45, 2.75) is 19.3 Å². The maximum absolute atomic E-state index is 13.4. The van der Waals surface area contributed by atoms with E-state index in [0.717, 1.165) is 38.1 Å². The first-order chi connectivity index (χ1) is 9.59. The predicted octanol–water partition coefficient (Wildman–Crippen LogP) is 1.71. The van der Waals surface area contributed by atoms with Crippen LogP contribution in [0.5, 0.6) is 0 Å². The van der Waals surface area contributed by atoms with Crippen molar-refractivity contribution in [3.05, 3.63) is 35.4 Å². The molecule has 1 fully saturated rings. The summed E-state index contributed by atoms with van der Waals surface area (Å²) in [6.45, 7) is 1.56. The van der Waals surface area contributed by atoms with Crippen molar-refractivity contribution in [2.24, 2.45) is 0 Å². The van der Waals surface area contributed by atoms with Crippen LogP contribution in [0.1, 0.15) is 29.6 Å². The molecule has 0 unspecified atom stereocenters. The van der Waals surface area contributed by atoms with E-state index in [1.54, 1.807) is 4.90 Å². The number of rotatable bonds is 4. The van der Waals surface area contributed by atoms with Gasteiger partial charge in [-0.1, -0.05) is 6.07 Å². The van der Waals surface area contributed by atoms with Gasteiger partial charge in [0.05, 0.1) is 0 Å². The third-order valence-corrected chi connectivity index (χ3v) is 3.27. The molecule has 1 N–H and O–H groups in total. The summed E-state index contributed by atoms with van der Waals surface area (Å²) < 4.78 is 26.7. The molecule has 0 saturated carbocycles. The number of benzene rings is 1. The van der Waals surface area contributed by atoms with E-state index < -0.39 is 23.1 Å². The SMILES string of the molecule is O=C(NCCC(=O)N1CCCC1)c1c(F)cccc1F. The van der Waals surface area contributed by atoms with Gasteiger partial charge in [-0.25, -0.2) is 8.78 Å². The molecule has 0 aromatic heterocycles. The lowest BCUT2D eigenvalue weighted by Gasteiger charge is -2.15. The van der Waals surface area contributed by atoms with Crippen LogP contribution in [0, 0.1) is 11.6 Å². The Morgan fingerprint density at radius 2 is 1.75 bits per heavy atom. The Balaban J connectivity index is 1.84. The van der Waals surface area contributed by atoms with E-state index in [4.69, 9.17) is 0 Å². The van der Waals surface area contributed by atoms with E-state index in [2.05, 4.69) is 5.32 Å². The molecule has 0 spiro atoms. The lowest BCUT2D eigenvalue weighted by Crippen LogP contribution is -2.33. The molecule has 1 heterocycles. The Hall–Kier alpha value is -1.98. The van der Waals surface area contributed by atoms with Gasteiger partial charge in [0.25, 0.3) is 5.91 Å². The molecule has 1 aromatic carbocycles. The van der Waals surface area contributed by atoms with E-state index in [9.17, 15) is 18.4 Å². The number of hydrogen-bond acceptors (Lipinski definition) is 2. The molecule has 1 aliphatic rings. The minimum Gasteiger partial charge on any atom is -0.351 e. The smallest absolute Gasteiger partial charge is 0.257 e. The molecule has 1 aromatic rings. The fourth-order valence-electron chi connectivity index (χ4n) is 2.21. The van der Waals surface area contributed by atoms with Crippen LogP contribution >= 0.6 is 0 Å². The van der Waals surface area contributed by atoms with Gasteiger partial charge in [-0.05, 0) is 25.0 Å². The fraction of sp³-hybridized carbons (Fsp3) is 0.429. The highest BCUT2D eigenvalue weighted by molar-refractivity contribution is 5.95. The van der Waals surface area contributed by atoms with Crippen LogP contribution in [-0.2, 0) is 4.79 Å². The second-order valence-electron chi connectivity index (χ2n) is 4.69. The second kappa shape index (κ2) is 6.45. The van der Waals surface area contributed by atoms with Gasteiger partial charge in [0.1, 0.15) is 17.2 Å². The van der Waals surface area contributed by atoms with Gasteiger partial charge in [-0.2, -0.15) is 0 Å². The summed E-state index contributed by atoms with van der Waals surface area (Å²) in [5.41, 5.74) is -0.610. The van der Waals surface area contributed by atoms with Crippen molar-refractivity contribution in [2.75, 3.05) is 19.6 Å². The molecule has 2 rings (SSSR count). The number of likely N-dealkylation sites (tertiary alicyclic amines) is 1. The van der Waals surface area contributed by atoms with Gasteiger partial charge in [-0.3, -0.25) is 9.59 Å². The van der Waals surface area contributed by atoms with E-state index >= 15 is 0 Å². The summed E-state index contributed by atoms with van der Waals surface area (Å²) in [7, 11) is 0. The first-order valence-corrected chi connectivity index (χ1v) is 6.59. The third-order valence-electron chi connectivity index (χ3n) is 3.27. The Labute approximate surface area is 115 Å². The van der Waals surface area contributed by atoms with E-state index in [1.807, 2.05) is 0 Å². The largest absolute Gasteiger partial charge is 0.351 e. The highest BCUT2D eigenvalue weighted by atomic mass is 19.1. The number of nitrogens with one attached hydrogen (secondary N) is 1. The monoisotopic (exact) mass is 282 g/mol. The molecule has 0 bridgehead atoms. The van der Waals surface area contributed by atoms with Crippen molar-refractivity contribution < 1.29 is 18.4 Å². The minimum atomic E-state index is -0.909. The Kier molecular flexibility index (Phi) is 4.65. The zero-order valence-corrected chi connectivity index (χ0v) is 11.0. The maximum atomic E-state index is 13.4. The van der Waals surface area contributed by atoms with Gasteiger partial charge in [0, 0.05) is 26.1 Å². The summed E-state index contributed by atoms with van der Waals surface area (Å²) in [5.74, 6) is -2.70. The fourth-order valence-corrected chi connectivity index (χ4v) is 2.21. The van der Waals surface area contributed by atoms with Crippen LogP contribution in [0.25, 0.3) is 0 Å². The Morgan fingerprint density at radius 1 is 1.15 bits per heavy atom. The van der Waals surface area contributed by atoms with Gasteiger partial charge >= 0.3 is 0 Å². The molecular formula is C14H16F2N2O2. The van der Waals surface area contributed by atoms with Crippen LogP contribution in [0.3, 0.4) is 0 Å². The summed E-state index contributed by atoms with van der Waals surface area (Å²) in [4.78, 5) is 25.1. The normalized spacial score (nSPS) is 14.4. The van der Waals surface area contributed by atoms with Crippen LogP contribution in [0.2, 0.25) is 0 Å². The molecule has 1 saturated heterocycles. The summed E-state index contributed by atoms with van der Waals surface area (Å²) in [6.07, 6.45) is 2.14. The molecular weight excluding hydrogens is 266 g/mol. The number of halogens is 2. The average Bonchev–Trinajstić information content (AvgIpc) is 2.92. The zero-order chi connectivity index (χ0) is 14.5. The summed E-state index contributed by atoms with van der Waals surface area (Å²) >= 11 is 0. The van der Waals surface area contributed by atoms with E-state index in [1.165, 1.54) is 6.07 Å². The number of carbonyl (C=O) groups excluding carboxylic acids is 2. The Bertz CT molecular complexity index is 494. The maximum Gasteiger partial charge on any atom is 0.257 e. The standard InChI is InChI=1S/C14H16F2N2O2/c15-10-4-3-5-11(16)13(10)14(20)17-7-6-12(19)18-8-1-2-9-18/h3-5H,1-2,6-9H2,(H,17,20). The molecule has 6 heteroatoms. The van der Waals surface area contributed by atoms with Crippen LogP contribution in [-0.4, -0.2) is 36.3 Å². The highest BCUT2D eigenvalue weighted by Gasteiger charge is 2.19. The summed E-state index contributed by atoms with van der Waals surface area (Å²) in [6, 6.07) is 3.24. The van der Waals surface area contributed by atoms with Crippen molar-refractivity contribution in [3.63, 3.8) is 0 Å². The van der Waals surface area contributed by atoms with Crippen LogP contribution in [0.4, 0.5) is 8.78 Å². The van der Waals surface area contributed by atoms with E-state index in [0.29, 0.717) is 0 Å². The number of amides is 2. The first kappa shape index (κ1) is 14.4. The third kappa shape index (κ3) is 3.31. The molecule has 20 heavy (non-hydrogen) atoms. The van der Waals surface area contributed by atoms with Gasteiger partial charge in [-0.15, -0.1) is 0 Å². The minimum absolute atomic E-state index is 0.0446. The molecule has 0 radical (unpaired) electrons. The van der Waals surface area contributed by atoms with E-state index in [-0.39, 0.29) is 18.9 Å². The van der Waals surface area contributed by atoms with Crippen molar-refractivity contribution in [1.82, 2.24) is 10.2 Å².